The molecule has 3 rings (SSSR count). The predicted octanol–water partition coefficient (Wildman–Crippen LogP) is 3.90. The Bertz CT molecular complexity index is 717. The standard InChI is InChI=1S/C18H20N2O2S/c1-11-3-5-13(6-4-11)17(14-7-8-14)20-18(22)15-9-10-16(23-15)19-12(2)21/h3-6,9-10,14,17H,7-8H2,1-2H3,(H,19,21)(H,20,22)/t17-/m0/s1. The highest BCUT2D eigenvalue weighted by atomic mass is 32.1. The van der Waals surface area contributed by atoms with E-state index in [9.17, 15) is 9.59 Å². The summed E-state index contributed by atoms with van der Waals surface area (Å²) in [6, 6.07) is 11.9. The Kier molecular flexibility index (Phi) is 4.48. The van der Waals surface area contributed by atoms with Crippen LogP contribution in [-0.2, 0) is 4.79 Å². The summed E-state index contributed by atoms with van der Waals surface area (Å²) in [6.07, 6.45) is 2.31. The average molecular weight is 328 g/mol. The van der Waals surface area contributed by atoms with Gasteiger partial charge in [-0.1, -0.05) is 29.8 Å². The van der Waals surface area contributed by atoms with Gasteiger partial charge in [0.15, 0.2) is 0 Å². The molecule has 1 atom stereocenters. The second-order valence-electron chi connectivity index (χ2n) is 6.04. The molecule has 2 aromatic rings. The highest BCUT2D eigenvalue weighted by Gasteiger charge is 2.33. The van der Waals surface area contributed by atoms with E-state index in [0.29, 0.717) is 15.8 Å². The lowest BCUT2D eigenvalue weighted by Crippen LogP contribution is -2.29. The molecule has 1 aliphatic rings. The van der Waals surface area contributed by atoms with E-state index in [-0.39, 0.29) is 17.9 Å². The number of carbonyl (C=O) groups excluding carboxylic acids is 2. The van der Waals surface area contributed by atoms with Gasteiger partial charge in [-0.05, 0) is 43.4 Å². The van der Waals surface area contributed by atoms with Crippen molar-refractivity contribution in [3.05, 3.63) is 52.4 Å². The first-order valence-corrected chi connectivity index (χ1v) is 8.59. The molecule has 0 aliphatic heterocycles. The number of anilines is 1. The number of benzene rings is 1. The van der Waals surface area contributed by atoms with Gasteiger partial charge in [-0.2, -0.15) is 0 Å². The summed E-state index contributed by atoms with van der Waals surface area (Å²) in [7, 11) is 0. The lowest BCUT2D eigenvalue weighted by Gasteiger charge is -2.18. The van der Waals surface area contributed by atoms with E-state index in [1.54, 1.807) is 12.1 Å². The Labute approximate surface area is 139 Å². The van der Waals surface area contributed by atoms with Crippen LogP contribution >= 0.6 is 11.3 Å². The fraction of sp³-hybridized carbons (Fsp3) is 0.333. The second-order valence-corrected chi connectivity index (χ2v) is 7.13. The molecule has 2 amide bonds. The molecule has 0 spiro atoms. The molecule has 0 bridgehead atoms. The summed E-state index contributed by atoms with van der Waals surface area (Å²) in [5.74, 6) is 0.315. The molecule has 1 aromatic heterocycles. The van der Waals surface area contributed by atoms with Crippen LogP contribution in [-0.4, -0.2) is 11.8 Å². The van der Waals surface area contributed by atoms with Crippen LogP contribution in [0.25, 0.3) is 0 Å². The van der Waals surface area contributed by atoms with E-state index in [4.69, 9.17) is 0 Å². The van der Waals surface area contributed by atoms with Crippen molar-refractivity contribution in [2.24, 2.45) is 5.92 Å². The third-order valence-electron chi connectivity index (χ3n) is 3.95. The molecule has 1 heterocycles. The van der Waals surface area contributed by atoms with E-state index in [2.05, 4.69) is 41.8 Å². The van der Waals surface area contributed by atoms with Gasteiger partial charge in [0.1, 0.15) is 0 Å². The summed E-state index contributed by atoms with van der Waals surface area (Å²) in [4.78, 5) is 24.2. The third kappa shape index (κ3) is 3.99. The Morgan fingerprint density at radius 2 is 1.83 bits per heavy atom. The topological polar surface area (TPSA) is 58.2 Å². The quantitative estimate of drug-likeness (QED) is 0.874. The Morgan fingerprint density at radius 1 is 1.13 bits per heavy atom. The van der Waals surface area contributed by atoms with Crippen molar-refractivity contribution < 1.29 is 9.59 Å². The second kappa shape index (κ2) is 6.54. The van der Waals surface area contributed by atoms with Crippen molar-refractivity contribution in [3.8, 4) is 0 Å². The largest absolute Gasteiger partial charge is 0.344 e. The Balaban J connectivity index is 1.72. The molecule has 1 aromatic carbocycles. The van der Waals surface area contributed by atoms with Crippen LogP contribution < -0.4 is 10.6 Å². The normalized spacial score (nSPS) is 15.0. The van der Waals surface area contributed by atoms with Crippen molar-refractivity contribution in [3.63, 3.8) is 0 Å². The van der Waals surface area contributed by atoms with Crippen molar-refractivity contribution in [2.45, 2.75) is 32.7 Å². The lowest BCUT2D eigenvalue weighted by molar-refractivity contribution is -0.114. The molecule has 1 fully saturated rings. The number of rotatable bonds is 5. The van der Waals surface area contributed by atoms with Crippen LogP contribution in [0.4, 0.5) is 5.00 Å². The summed E-state index contributed by atoms with van der Waals surface area (Å²) >= 11 is 1.30. The maximum Gasteiger partial charge on any atom is 0.261 e. The van der Waals surface area contributed by atoms with Gasteiger partial charge in [-0.25, -0.2) is 0 Å². The Hall–Kier alpha value is -2.14. The maximum absolute atomic E-state index is 12.5. The van der Waals surface area contributed by atoms with Crippen LogP contribution in [0.2, 0.25) is 0 Å². The summed E-state index contributed by atoms with van der Waals surface area (Å²) in [6.45, 7) is 3.52. The van der Waals surface area contributed by atoms with Gasteiger partial charge in [0, 0.05) is 6.92 Å². The molecule has 4 nitrogen and oxygen atoms in total. The van der Waals surface area contributed by atoms with Gasteiger partial charge < -0.3 is 10.6 Å². The summed E-state index contributed by atoms with van der Waals surface area (Å²) in [5.41, 5.74) is 2.37. The van der Waals surface area contributed by atoms with Crippen molar-refractivity contribution in [2.75, 3.05) is 5.32 Å². The fourth-order valence-corrected chi connectivity index (χ4v) is 3.45. The zero-order chi connectivity index (χ0) is 16.4. The molecule has 1 saturated carbocycles. The first-order valence-electron chi connectivity index (χ1n) is 7.78. The van der Waals surface area contributed by atoms with E-state index in [1.165, 1.54) is 23.8 Å². The molecular formula is C18H20N2O2S. The molecule has 0 saturated heterocycles. The molecule has 23 heavy (non-hydrogen) atoms. The zero-order valence-electron chi connectivity index (χ0n) is 13.3. The van der Waals surface area contributed by atoms with Crippen LogP contribution in [0.15, 0.2) is 36.4 Å². The van der Waals surface area contributed by atoms with E-state index in [0.717, 1.165) is 18.4 Å². The van der Waals surface area contributed by atoms with Crippen LogP contribution in [0.1, 0.15) is 46.6 Å². The number of amides is 2. The minimum atomic E-state index is -0.130. The number of thiophene rings is 1. The highest BCUT2D eigenvalue weighted by Crippen LogP contribution is 2.41. The molecule has 0 unspecified atom stereocenters. The van der Waals surface area contributed by atoms with Crippen LogP contribution in [0.3, 0.4) is 0 Å². The predicted molar refractivity (Wildman–Crippen MR) is 92.7 cm³/mol. The van der Waals surface area contributed by atoms with Gasteiger partial charge in [-0.15, -0.1) is 11.3 Å². The molecule has 120 valence electrons. The zero-order valence-corrected chi connectivity index (χ0v) is 14.1. The van der Waals surface area contributed by atoms with Crippen LogP contribution in [0, 0.1) is 12.8 Å². The van der Waals surface area contributed by atoms with Gasteiger partial charge in [0.25, 0.3) is 5.91 Å². The summed E-state index contributed by atoms with van der Waals surface area (Å²) < 4.78 is 0. The monoisotopic (exact) mass is 328 g/mol. The number of carbonyl (C=O) groups is 2. The number of nitrogens with one attached hydrogen (secondary N) is 2. The maximum atomic E-state index is 12.5. The molecular weight excluding hydrogens is 308 g/mol. The molecule has 5 heteroatoms. The van der Waals surface area contributed by atoms with E-state index in [1.807, 2.05) is 0 Å². The first kappa shape index (κ1) is 15.7. The Morgan fingerprint density at radius 3 is 2.43 bits per heavy atom. The van der Waals surface area contributed by atoms with Crippen molar-refractivity contribution in [1.82, 2.24) is 5.32 Å². The van der Waals surface area contributed by atoms with Gasteiger partial charge in [-0.3, -0.25) is 9.59 Å². The third-order valence-corrected chi connectivity index (χ3v) is 4.94. The van der Waals surface area contributed by atoms with E-state index < -0.39 is 0 Å². The smallest absolute Gasteiger partial charge is 0.261 e. The number of aryl methyl sites for hydroxylation is 1. The molecule has 2 N–H and O–H groups in total. The number of hydrogen-bond acceptors (Lipinski definition) is 3. The minimum Gasteiger partial charge on any atom is -0.344 e. The van der Waals surface area contributed by atoms with Crippen LogP contribution in [0.5, 0.6) is 0 Å². The van der Waals surface area contributed by atoms with Gasteiger partial charge in [0.05, 0.1) is 15.9 Å². The van der Waals surface area contributed by atoms with Crippen molar-refractivity contribution >= 4 is 28.2 Å². The summed E-state index contributed by atoms with van der Waals surface area (Å²) in [5, 5.41) is 6.56. The fourth-order valence-electron chi connectivity index (χ4n) is 2.59. The minimum absolute atomic E-state index is 0.0643. The van der Waals surface area contributed by atoms with Crippen molar-refractivity contribution in [1.29, 1.82) is 0 Å². The molecule has 1 aliphatic carbocycles. The van der Waals surface area contributed by atoms with Gasteiger partial charge in [0.2, 0.25) is 5.91 Å². The van der Waals surface area contributed by atoms with E-state index >= 15 is 0 Å². The number of hydrogen-bond donors (Lipinski definition) is 2. The molecule has 0 radical (unpaired) electrons. The first-order chi connectivity index (χ1) is 11.0. The highest BCUT2D eigenvalue weighted by molar-refractivity contribution is 7.18. The average Bonchev–Trinajstić information content (AvgIpc) is 3.24. The SMILES string of the molecule is CC(=O)Nc1ccc(C(=O)N[C@@H](c2ccc(C)cc2)C2CC2)s1. The van der Waals surface area contributed by atoms with Gasteiger partial charge >= 0.3 is 0 Å². The lowest BCUT2D eigenvalue weighted by atomic mass is 10.0.